The van der Waals surface area contributed by atoms with E-state index < -0.39 is 18.1 Å². The monoisotopic (exact) mass is 445 g/mol. The SMILES string of the molecule is O=C(NC(c1c[nH]c2ccccc12)C(F)(F)F)c1ccc(CN2CCC(CO)CC2)cc1. The molecule has 1 aliphatic heterocycles. The first-order valence-corrected chi connectivity index (χ1v) is 10.7. The molecule has 4 rings (SSSR count). The summed E-state index contributed by atoms with van der Waals surface area (Å²) in [7, 11) is 0. The highest BCUT2D eigenvalue weighted by Gasteiger charge is 2.43. The number of fused-ring (bicyclic) bond motifs is 1. The smallest absolute Gasteiger partial charge is 0.396 e. The number of rotatable bonds is 6. The topological polar surface area (TPSA) is 68.4 Å². The number of likely N-dealkylation sites (tertiary alicyclic amines) is 1. The third-order valence-electron chi connectivity index (χ3n) is 6.12. The van der Waals surface area contributed by atoms with E-state index in [0.29, 0.717) is 23.4 Å². The van der Waals surface area contributed by atoms with Gasteiger partial charge in [0.05, 0.1) is 0 Å². The van der Waals surface area contributed by atoms with Crippen LogP contribution in [0.2, 0.25) is 0 Å². The van der Waals surface area contributed by atoms with Gasteiger partial charge in [0.1, 0.15) is 0 Å². The number of carbonyl (C=O) groups excluding carboxylic acids is 1. The second-order valence-electron chi connectivity index (χ2n) is 8.34. The number of aromatic amines is 1. The van der Waals surface area contributed by atoms with Gasteiger partial charge in [0, 0.05) is 41.4 Å². The van der Waals surface area contributed by atoms with Crippen molar-refractivity contribution in [2.24, 2.45) is 5.92 Å². The van der Waals surface area contributed by atoms with E-state index in [1.807, 2.05) is 0 Å². The second kappa shape index (κ2) is 9.34. The van der Waals surface area contributed by atoms with Crippen molar-refractivity contribution in [3.8, 4) is 0 Å². The minimum atomic E-state index is -4.64. The number of benzene rings is 2. The van der Waals surface area contributed by atoms with Crippen molar-refractivity contribution >= 4 is 16.8 Å². The number of aliphatic hydroxyl groups is 1. The summed E-state index contributed by atoms with van der Waals surface area (Å²) in [6, 6.07) is 11.3. The molecule has 0 radical (unpaired) electrons. The molecule has 8 heteroatoms. The Labute approximate surface area is 184 Å². The number of alkyl halides is 3. The molecule has 170 valence electrons. The second-order valence-corrected chi connectivity index (χ2v) is 8.34. The van der Waals surface area contributed by atoms with Gasteiger partial charge in [0.15, 0.2) is 6.04 Å². The number of nitrogens with one attached hydrogen (secondary N) is 2. The maximum Gasteiger partial charge on any atom is 0.412 e. The Bertz CT molecular complexity index is 1050. The van der Waals surface area contributed by atoms with E-state index >= 15 is 0 Å². The highest BCUT2D eigenvalue weighted by Crippen LogP contribution is 2.36. The normalized spacial score (nSPS) is 16.9. The molecule has 3 N–H and O–H groups in total. The molecule has 0 saturated carbocycles. The van der Waals surface area contributed by atoms with Crippen molar-refractivity contribution in [2.75, 3.05) is 19.7 Å². The van der Waals surface area contributed by atoms with Crippen LogP contribution in [-0.2, 0) is 6.54 Å². The molecule has 1 aliphatic rings. The third kappa shape index (κ3) is 4.97. The summed E-state index contributed by atoms with van der Waals surface area (Å²) in [5.74, 6) is -0.413. The Hall–Kier alpha value is -2.84. The molecule has 32 heavy (non-hydrogen) atoms. The Morgan fingerprint density at radius 3 is 2.47 bits per heavy atom. The van der Waals surface area contributed by atoms with Gasteiger partial charge in [0.2, 0.25) is 0 Å². The molecular formula is C24H26F3N3O2. The number of aliphatic hydroxyl groups excluding tert-OH is 1. The summed E-state index contributed by atoms with van der Waals surface area (Å²) < 4.78 is 41.4. The maximum atomic E-state index is 13.8. The van der Waals surface area contributed by atoms with Crippen molar-refractivity contribution in [3.05, 3.63) is 71.4 Å². The Morgan fingerprint density at radius 1 is 1.12 bits per heavy atom. The summed E-state index contributed by atoms with van der Waals surface area (Å²) in [6.45, 7) is 2.71. The van der Waals surface area contributed by atoms with Crippen molar-refractivity contribution in [2.45, 2.75) is 31.6 Å². The lowest BCUT2D eigenvalue weighted by Gasteiger charge is -2.31. The zero-order valence-corrected chi connectivity index (χ0v) is 17.5. The van der Waals surface area contributed by atoms with Crippen LogP contribution in [-0.4, -0.2) is 46.8 Å². The van der Waals surface area contributed by atoms with Crippen molar-refractivity contribution < 1.29 is 23.1 Å². The van der Waals surface area contributed by atoms with Crippen LogP contribution in [0.5, 0.6) is 0 Å². The van der Waals surface area contributed by atoms with Crippen LogP contribution >= 0.6 is 0 Å². The van der Waals surface area contributed by atoms with Crippen LogP contribution in [0, 0.1) is 5.92 Å². The molecule has 2 heterocycles. The molecule has 0 bridgehead atoms. The molecule has 1 atom stereocenters. The van der Waals surface area contributed by atoms with Crippen LogP contribution in [0.1, 0.15) is 40.4 Å². The van der Waals surface area contributed by atoms with E-state index in [1.165, 1.54) is 6.20 Å². The molecule has 1 fully saturated rings. The lowest BCUT2D eigenvalue weighted by molar-refractivity contribution is -0.154. The average Bonchev–Trinajstić information content (AvgIpc) is 3.21. The lowest BCUT2D eigenvalue weighted by atomic mass is 9.97. The number of amides is 1. The molecule has 5 nitrogen and oxygen atoms in total. The van der Waals surface area contributed by atoms with Gasteiger partial charge in [-0.25, -0.2) is 0 Å². The fraction of sp³-hybridized carbons (Fsp3) is 0.375. The van der Waals surface area contributed by atoms with Crippen molar-refractivity contribution in [3.63, 3.8) is 0 Å². The first-order chi connectivity index (χ1) is 15.3. The van der Waals surface area contributed by atoms with E-state index in [4.69, 9.17) is 0 Å². The largest absolute Gasteiger partial charge is 0.412 e. The fourth-order valence-corrected chi connectivity index (χ4v) is 4.23. The molecule has 3 aromatic rings. The number of para-hydroxylation sites is 1. The third-order valence-corrected chi connectivity index (χ3v) is 6.12. The lowest BCUT2D eigenvalue weighted by Crippen LogP contribution is -2.38. The van der Waals surface area contributed by atoms with E-state index in [0.717, 1.165) is 31.5 Å². The van der Waals surface area contributed by atoms with Gasteiger partial charge in [-0.05, 0) is 55.6 Å². The van der Waals surface area contributed by atoms with E-state index in [1.54, 1.807) is 48.5 Å². The quantitative estimate of drug-likeness (QED) is 0.527. The molecule has 0 spiro atoms. The van der Waals surface area contributed by atoms with Crippen LogP contribution in [0.15, 0.2) is 54.7 Å². The van der Waals surface area contributed by atoms with Gasteiger partial charge in [-0.15, -0.1) is 0 Å². The molecule has 1 unspecified atom stereocenters. The zero-order chi connectivity index (χ0) is 22.7. The summed E-state index contributed by atoms with van der Waals surface area (Å²) >= 11 is 0. The fourth-order valence-electron chi connectivity index (χ4n) is 4.23. The molecule has 2 aromatic carbocycles. The van der Waals surface area contributed by atoms with Crippen LogP contribution in [0.4, 0.5) is 13.2 Å². The van der Waals surface area contributed by atoms with Crippen LogP contribution < -0.4 is 5.32 Å². The van der Waals surface area contributed by atoms with Gasteiger partial charge in [0.25, 0.3) is 5.91 Å². The van der Waals surface area contributed by atoms with Gasteiger partial charge >= 0.3 is 6.18 Å². The number of carbonyl (C=O) groups is 1. The highest BCUT2D eigenvalue weighted by molar-refractivity contribution is 5.95. The summed E-state index contributed by atoms with van der Waals surface area (Å²) in [5.41, 5.74) is 1.75. The number of nitrogens with zero attached hydrogens (tertiary/aromatic N) is 1. The minimum absolute atomic E-state index is 0.00986. The zero-order valence-electron chi connectivity index (χ0n) is 17.5. The van der Waals surface area contributed by atoms with Gasteiger partial charge < -0.3 is 15.4 Å². The van der Waals surface area contributed by atoms with Gasteiger partial charge in [-0.1, -0.05) is 30.3 Å². The first-order valence-electron chi connectivity index (χ1n) is 10.7. The number of piperidine rings is 1. The highest BCUT2D eigenvalue weighted by atomic mass is 19.4. The number of halogens is 3. The molecule has 0 aliphatic carbocycles. The van der Waals surface area contributed by atoms with E-state index in [2.05, 4.69) is 15.2 Å². The summed E-state index contributed by atoms with van der Waals surface area (Å²) in [5, 5.41) is 11.8. The number of hydrogen-bond acceptors (Lipinski definition) is 3. The molecule has 1 saturated heterocycles. The Kier molecular flexibility index (Phi) is 6.53. The Morgan fingerprint density at radius 2 is 1.81 bits per heavy atom. The van der Waals surface area contributed by atoms with E-state index in [-0.39, 0.29) is 17.7 Å². The van der Waals surface area contributed by atoms with Crippen molar-refractivity contribution in [1.82, 2.24) is 15.2 Å². The minimum Gasteiger partial charge on any atom is -0.396 e. The number of aromatic nitrogens is 1. The predicted octanol–water partition coefficient (Wildman–Crippen LogP) is 4.41. The summed E-state index contributed by atoms with van der Waals surface area (Å²) in [6.07, 6.45) is -1.44. The molecular weight excluding hydrogens is 419 g/mol. The van der Waals surface area contributed by atoms with Gasteiger partial charge in [-0.2, -0.15) is 13.2 Å². The van der Waals surface area contributed by atoms with Gasteiger partial charge in [-0.3, -0.25) is 9.69 Å². The Balaban J connectivity index is 1.45. The van der Waals surface area contributed by atoms with Crippen molar-refractivity contribution in [1.29, 1.82) is 0 Å². The number of hydrogen-bond donors (Lipinski definition) is 3. The van der Waals surface area contributed by atoms with Crippen LogP contribution in [0.3, 0.4) is 0 Å². The molecule has 1 aromatic heterocycles. The standard InChI is InChI=1S/C24H26F3N3O2/c25-24(26,27)22(20-13-28-21-4-2-1-3-19(20)21)29-23(32)18-7-5-16(6-8-18)14-30-11-9-17(15-31)10-12-30/h1-8,13,17,22,28,31H,9-12,14-15H2,(H,29,32). The maximum absolute atomic E-state index is 13.8. The predicted molar refractivity (Wildman–Crippen MR) is 116 cm³/mol. The molecule has 1 amide bonds. The summed E-state index contributed by atoms with van der Waals surface area (Å²) in [4.78, 5) is 17.8. The average molecular weight is 445 g/mol. The number of H-pyrrole nitrogens is 1. The van der Waals surface area contributed by atoms with Crippen LogP contribution in [0.25, 0.3) is 10.9 Å². The van der Waals surface area contributed by atoms with E-state index in [9.17, 15) is 23.1 Å². The first kappa shape index (κ1) is 22.4.